The molecule has 1 saturated heterocycles. The van der Waals surface area contributed by atoms with Gasteiger partial charge in [0.05, 0.1) is 6.54 Å². The summed E-state index contributed by atoms with van der Waals surface area (Å²) >= 11 is 0. The molecule has 0 aromatic rings. The van der Waals surface area contributed by atoms with Crippen LogP contribution < -0.4 is 5.73 Å². The SMILES string of the molecule is NCC1(N2CCN(CC(F)(F)F)CC2)CCCC1. The fourth-order valence-corrected chi connectivity index (χ4v) is 3.32. The van der Waals surface area contributed by atoms with E-state index in [1.807, 2.05) is 0 Å². The van der Waals surface area contributed by atoms with E-state index in [2.05, 4.69) is 4.90 Å². The first-order valence-electron chi connectivity index (χ1n) is 6.69. The van der Waals surface area contributed by atoms with Gasteiger partial charge < -0.3 is 5.73 Å². The van der Waals surface area contributed by atoms with Crippen molar-refractivity contribution < 1.29 is 13.2 Å². The molecule has 2 aliphatic rings. The average molecular weight is 265 g/mol. The lowest BCUT2D eigenvalue weighted by atomic mass is 9.94. The van der Waals surface area contributed by atoms with Crippen molar-refractivity contribution >= 4 is 0 Å². The van der Waals surface area contributed by atoms with Crippen molar-refractivity contribution in [2.24, 2.45) is 5.73 Å². The van der Waals surface area contributed by atoms with E-state index in [1.165, 1.54) is 17.7 Å². The lowest BCUT2D eigenvalue weighted by Crippen LogP contribution is -2.59. The number of hydrogen-bond acceptors (Lipinski definition) is 3. The summed E-state index contributed by atoms with van der Waals surface area (Å²) in [5.74, 6) is 0. The van der Waals surface area contributed by atoms with Gasteiger partial charge in [0, 0.05) is 38.3 Å². The molecule has 3 nitrogen and oxygen atoms in total. The zero-order chi connectivity index (χ0) is 13.2. The van der Waals surface area contributed by atoms with Crippen LogP contribution in [0.5, 0.6) is 0 Å². The molecule has 0 bridgehead atoms. The summed E-state index contributed by atoms with van der Waals surface area (Å²) < 4.78 is 36.9. The molecular formula is C12H22F3N3. The van der Waals surface area contributed by atoms with Gasteiger partial charge in [0.2, 0.25) is 0 Å². The van der Waals surface area contributed by atoms with Crippen molar-refractivity contribution in [3.05, 3.63) is 0 Å². The minimum atomic E-state index is -4.08. The summed E-state index contributed by atoms with van der Waals surface area (Å²) in [5, 5.41) is 0. The highest BCUT2D eigenvalue weighted by Crippen LogP contribution is 2.35. The van der Waals surface area contributed by atoms with Gasteiger partial charge in [-0.15, -0.1) is 0 Å². The van der Waals surface area contributed by atoms with Crippen LogP contribution in [-0.4, -0.2) is 60.8 Å². The molecule has 106 valence electrons. The third-order valence-corrected chi connectivity index (χ3v) is 4.36. The van der Waals surface area contributed by atoms with Crippen LogP contribution in [0.4, 0.5) is 13.2 Å². The first-order chi connectivity index (χ1) is 8.45. The van der Waals surface area contributed by atoms with Crippen LogP contribution in [0.3, 0.4) is 0 Å². The predicted octanol–water partition coefficient (Wildman–Crippen LogP) is 1.44. The Balaban J connectivity index is 1.86. The molecule has 18 heavy (non-hydrogen) atoms. The minimum absolute atomic E-state index is 0.0737. The maximum Gasteiger partial charge on any atom is 0.401 e. The van der Waals surface area contributed by atoms with E-state index in [9.17, 15) is 13.2 Å². The molecule has 2 N–H and O–H groups in total. The van der Waals surface area contributed by atoms with Crippen LogP contribution in [0.15, 0.2) is 0 Å². The normalized spacial score (nSPS) is 26.7. The van der Waals surface area contributed by atoms with E-state index >= 15 is 0 Å². The van der Waals surface area contributed by atoms with Gasteiger partial charge in [-0.25, -0.2) is 0 Å². The van der Waals surface area contributed by atoms with Crippen LogP contribution in [0.2, 0.25) is 0 Å². The smallest absolute Gasteiger partial charge is 0.329 e. The highest BCUT2D eigenvalue weighted by molar-refractivity contribution is 4.97. The fourth-order valence-electron chi connectivity index (χ4n) is 3.32. The first-order valence-corrected chi connectivity index (χ1v) is 6.69. The van der Waals surface area contributed by atoms with Gasteiger partial charge in [-0.05, 0) is 12.8 Å². The third-order valence-electron chi connectivity index (χ3n) is 4.36. The number of piperazine rings is 1. The standard InChI is InChI=1S/C12H22F3N3/c13-12(14,15)10-17-5-7-18(8-6-17)11(9-16)3-1-2-4-11/h1-10,16H2. The average Bonchev–Trinajstić information content (AvgIpc) is 2.77. The topological polar surface area (TPSA) is 32.5 Å². The maximum absolute atomic E-state index is 12.3. The highest BCUT2D eigenvalue weighted by atomic mass is 19.4. The molecule has 1 saturated carbocycles. The number of hydrogen-bond donors (Lipinski definition) is 1. The Morgan fingerprint density at radius 2 is 1.56 bits per heavy atom. The quantitative estimate of drug-likeness (QED) is 0.838. The highest BCUT2D eigenvalue weighted by Gasteiger charge is 2.40. The first kappa shape index (κ1) is 14.1. The summed E-state index contributed by atoms with van der Waals surface area (Å²) in [4.78, 5) is 3.82. The van der Waals surface area contributed by atoms with E-state index in [0.717, 1.165) is 12.8 Å². The molecule has 0 amide bonds. The van der Waals surface area contributed by atoms with Crippen molar-refractivity contribution in [3.8, 4) is 0 Å². The Bertz CT molecular complexity index is 266. The van der Waals surface area contributed by atoms with Crippen LogP contribution in [0.1, 0.15) is 25.7 Å². The molecule has 0 unspecified atom stereocenters. The lowest BCUT2D eigenvalue weighted by Gasteiger charge is -2.45. The summed E-state index contributed by atoms with van der Waals surface area (Å²) in [7, 11) is 0. The van der Waals surface area contributed by atoms with E-state index in [-0.39, 0.29) is 5.54 Å². The number of nitrogens with two attached hydrogens (primary N) is 1. The Hall–Kier alpha value is -0.330. The molecule has 0 radical (unpaired) electrons. The minimum Gasteiger partial charge on any atom is -0.329 e. The van der Waals surface area contributed by atoms with Crippen molar-refractivity contribution in [1.29, 1.82) is 0 Å². The number of nitrogens with zero attached hydrogens (tertiary/aromatic N) is 2. The van der Waals surface area contributed by atoms with Crippen molar-refractivity contribution in [2.45, 2.75) is 37.4 Å². The molecule has 0 atom stereocenters. The fraction of sp³-hybridized carbons (Fsp3) is 1.00. The molecule has 1 aliphatic carbocycles. The summed E-state index contributed by atoms with van der Waals surface area (Å²) in [6, 6.07) is 0. The zero-order valence-electron chi connectivity index (χ0n) is 10.7. The molecule has 0 aromatic carbocycles. The Labute approximate surface area is 106 Å². The zero-order valence-corrected chi connectivity index (χ0v) is 10.7. The van der Waals surface area contributed by atoms with Gasteiger partial charge >= 0.3 is 6.18 Å². The molecule has 2 fully saturated rings. The summed E-state index contributed by atoms with van der Waals surface area (Å²) in [5.41, 5.74) is 5.97. The Kier molecular flexibility index (Phi) is 4.18. The summed E-state index contributed by atoms with van der Waals surface area (Å²) in [6.45, 7) is 2.28. The van der Waals surface area contributed by atoms with Crippen LogP contribution >= 0.6 is 0 Å². The van der Waals surface area contributed by atoms with Crippen LogP contribution in [0, 0.1) is 0 Å². The molecule has 6 heteroatoms. The van der Waals surface area contributed by atoms with Gasteiger partial charge in [0.1, 0.15) is 0 Å². The van der Waals surface area contributed by atoms with Gasteiger partial charge in [0.15, 0.2) is 0 Å². The van der Waals surface area contributed by atoms with Gasteiger partial charge in [-0.2, -0.15) is 13.2 Å². The molecule has 0 spiro atoms. The summed E-state index contributed by atoms with van der Waals surface area (Å²) in [6.07, 6.45) is 0.507. The second-order valence-corrected chi connectivity index (χ2v) is 5.51. The maximum atomic E-state index is 12.3. The second-order valence-electron chi connectivity index (χ2n) is 5.51. The van der Waals surface area contributed by atoms with Gasteiger partial charge in [-0.1, -0.05) is 12.8 Å². The number of alkyl halides is 3. The van der Waals surface area contributed by atoms with E-state index in [0.29, 0.717) is 32.7 Å². The molecular weight excluding hydrogens is 243 g/mol. The lowest BCUT2D eigenvalue weighted by molar-refractivity contribution is -0.151. The van der Waals surface area contributed by atoms with Crippen LogP contribution in [0.25, 0.3) is 0 Å². The van der Waals surface area contributed by atoms with Gasteiger partial charge in [0.25, 0.3) is 0 Å². The number of halogens is 3. The number of rotatable bonds is 3. The van der Waals surface area contributed by atoms with Crippen molar-refractivity contribution in [3.63, 3.8) is 0 Å². The second kappa shape index (κ2) is 5.35. The monoisotopic (exact) mass is 265 g/mol. The van der Waals surface area contributed by atoms with E-state index < -0.39 is 12.7 Å². The molecule has 2 rings (SSSR count). The Morgan fingerprint density at radius 3 is 2.00 bits per heavy atom. The Morgan fingerprint density at radius 1 is 1.00 bits per heavy atom. The van der Waals surface area contributed by atoms with Crippen molar-refractivity contribution in [2.75, 3.05) is 39.3 Å². The predicted molar refractivity (Wildman–Crippen MR) is 64.3 cm³/mol. The third kappa shape index (κ3) is 3.16. The molecule has 1 heterocycles. The van der Waals surface area contributed by atoms with Crippen LogP contribution in [-0.2, 0) is 0 Å². The van der Waals surface area contributed by atoms with Gasteiger partial charge in [-0.3, -0.25) is 9.80 Å². The van der Waals surface area contributed by atoms with E-state index in [4.69, 9.17) is 5.73 Å². The largest absolute Gasteiger partial charge is 0.401 e. The van der Waals surface area contributed by atoms with Crippen molar-refractivity contribution in [1.82, 2.24) is 9.80 Å². The molecule has 0 aromatic heterocycles. The van der Waals surface area contributed by atoms with E-state index in [1.54, 1.807) is 0 Å². The molecule has 1 aliphatic heterocycles.